The van der Waals surface area contributed by atoms with E-state index in [1.54, 1.807) is 0 Å². The molecule has 0 spiro atoms. The quantitative estimate of drug-likeness (QED) is 0.678. The summed E-state index contributed by atoms with van der Waals surface area (Å²) in [7, 11) is 0. The molecule has 2 aromatic rings. The van der Waals surface area contributed by atoms with Crippen LogP contribution in [0.3, 0.4) is 0 Å². The molecule has 27 heavy (non-hydrogen) atoms. The molecule has 1 fully saturated rings. The number of rotatable bonds is 6. The smallest absolute Gasteiger partial charge is 0.0999 e. The van der Waals surface area contributed by atoms with E-state index in [2.05, 4.69) is 58.9 Å². The molecule has 0 radical (unpaired) electrons. The van der Waals surface area contributed by atoms with Gasteiger partial charge in [0.25, 0.3) is 0 Å². The molecule has 1 heterocycles. The minimum Gasteiger partial charge on any atom is -0.384 e. The summed E-state index contributed by atoms with van der Waals surface area (Å²) in [5, 5.41) is 12.0. The Hall–Kier alpha value is -0.910. The van der Waals surface area contributed by atoms with Gasteiger partial charge in [-0.3, -0.25) is 4.90 Å². The number of nitrogens with zero attached hydrogens (tertiary/aromatic N) is 1. The summed E-state index contributed by atoms with van der Waals surface area (Å²) < 4.78 is 6.53. The molecule has 1 aliphatic rings. The molecule has 2 aromatic carbocycles. The van der Waals surface area contributed by atoms with Crippen molar-refractivity contribution in [1.82, 2.24) is 4.90 Å². The fourth-order valence-electron chi connectivity index (χ4n) is 3.88. The van der Waals surface area contributed by atoms with Crippen LogP contribution in [-0.4, -0.2) is 42.9 Å². The lowest BCUT2D eigenvalue weighted by molar-refractivity contribution is -0.0547. The van der Waals surface area contributed by atoms with Crippen molar-refractivity contribution in [2.75, 3.05) is 32.8 Å². The minimum absolute atomic E-state index is 0. The Kier molecular flexibility index (Phi) is 8.32. The highest BCUT2D eigenvalue weighted by Crippen LogP contribution is 2.43. The highest BCUT2D eigenvalue weighted by molar-refractivity contribution is 9.10. The average Bonchev–Trinajstić information content (AvgIpc) is 2.67. The first-order chi connectivity index (χ1) is 12.5. The summed E-state index contributed by atoms with van der Waals surface area (Å²) in [4.78, 5) is 2.41. The molecule has 1 N–H and O–H groups in total. The largest absolute Gasteiger partial charge is 0.384 e. The number of morpholine rings is 1. The first-order valence-electron chi connectivity index (χ1n) is 9.35. The third kappa shape index (κ3) is 5.12. The maximum absolute atomic E-state index is 12.0. The van der Waals surface area contributed by atoms with E-state index in [9.17, 15) is 5.11 Å². The molecule has 1 saturated heterocycles. The number of halogens is 2. The molecule has 2 unspecified atom stereocenters. The molecule has 0 saturated carbocycles. The summed E-state index contributed by atoms with van der Waals surface area (Å²) in [6.45, 7) is 8.39. The van der Waals surface area contributed by atoms with Gasteiger partial charge in [0.1, 0.15) is 0 Å². The van der Waals surface area contributed by atoms with Crippen LogP contribution in [0.25, 0.3) is 0 Å². The molecule has 3 rings (SSSR count). The van der Waals surface area contributed by atoms with Gasteiger partial charge in [-0.05, 0) is 29.2 Å². The maximum atomic E-state index is 12.0. The number of benzene rings is 2. The third-order valence-electron chi connectivity index (χ3n) is 5.46. The Morgan fingerprint density at radius 2 is 1.63 bits per heavy atom. The lowest BCUT2D eigenvalue weighted by Gasteiger charge is -2.43. The molecule has 0 bridgehead atoms. The zero-order valence-corrected chi connectivity index (χ0v) is 18.4. The molecule has 0 aliphatic carbocycles. The van der Waals surface area contributed by atoms with Gasteiger partial charge in [0.2, 0.25) is 0 Å². The molecule has 5 heteroatoms. The van der Waals surface area contributed by atoms with Gasteiger partial charge in [-0.15, -0.1) is 12.4 Å². The SMILES string of the molecule is CC(C)C(O)(c1ccc(Br)cc1)C(CN1CCOCC1)c1ccccc1.Cl. The van der Waals surface area contributed by atoms with Gasteiger partial charge < -0.3 is 9.84 Å². The standard InChI is InChI=1S/C22H28BrNO2.ClH/c1-17(2)22(25,19-8-10-20(23)11-9-19)21(18-6-4-3-5-7-18)16-24-12-14-26-15-13-24;/h3-11,17,21,25H,12-16H2,1-2H3;1H. The highest BCUT2D eigenvalue weighted by atomic mass is 79.9. The Morgan fingerprint density at radius 1 is 1.04 bits per heavy atom. The van der Waals surface area contributed by atoms with Crippen LogP contribution in [0.5, 0.6) is 0 Å². The van der Waals surface area contributed by atoms with E-state index in [0.717, 1.165) is 42.9 Å². The van der Waals surface area contributed by atoms with Crippen molar-refractivity contribution in [1.29, 1.82) is 0 Å². The lowest BCUT2D eigenvalue weighted by atomic mass is 9.70. The first kappa shape index (κ1) is 22.4. The number of hydrogen-bond donors (Lipinski definition) is 1. The molecule has 2 atom stereocenters. The van der Waals surface area contributed by atoms with Crippen molar-refractivity contribution in [2.45, 2.75) is 25.4 Å². The second-order valence-corrected chi connectivity index (χ2v) is 8.28. The van der Waals surface area contributed by atoms with E-state index < -0.39 is 5.60 Å². The van der Waals surface area contributed by atoms with Gasteiger partial charge in [-0.1, -0.05) is 72.2 Å². The van der Waals surface area contributed by atoms with E-state index in [4.69, 9.17) is 4.74 Å². The number of aliphatic hydroxyl groups is 1. The van der Waals surface area contributed by atoms with E-state index >= 15 is 0 Å². The molecule has 148 valence electrons. The van der Waals surface area contributed by atoms with Crippen LogP contribution in [0.15, 0.2) is 59.1 Å². The Labute approximate surface area is 177 Å². The zero-order chi connectivity index (χ0) is 18.6. The highest BCUT2D eigenvalue weighted by Gasteiger charge is 2.43. The van der Waals surface area contributed by atoms with Crippen molar-refractivity contribution in [3.05, 3.63) is 70.2 Å². The van der Waals surface area contributed by atoms with Crippen molar-refractivity contribution in [3.63, 3.8) is 0 Å². The predicted molar refractivity (Wildman–Crippen MR) is 117 cm³/mol. The lowest BCUT2D eigenvalue weighted by Crippen LogP contribution is -2.47. The zero-order valence-electron chi connectivity index (χ0n) is 16.0. The van der Waals surface area contributed by atoms with Crippen LogP contribution in [0.1, 0.15) is 30.9 Å². The third-order valence-corrected chi connectivity index (χ3v) is 5.99. The van der Waals surface area contributed by atoms with Crippen LogP contribution >= 0.6 is 28.3 Å². The molecular formula is C22H29BrClNO2. The van der Waals surface area contributed by atoms with Crippen LogP contribution < -0.4 is 0 Å². The van der Waals surface area contributed by atoms with Crippen LogP contribution in [0.2, 0.25) is 0 Å². The Balaban J connectivity index is 0.00000261. The van der Waals surface area contributed by atoms with Crippen LogP contribution in [-0.2, 0) is 10.3 Å². The minimum atomic E-state index is -0.944. The summed E-state index contributed by atoms with van der Waals surface area (Å²) in [6, 6.07) is 18.5. The van der Waals surface area contributed by atoms with Crippen LogP contribution in [0, 0.1) is 5.92 Å². The molecular weight excluding hydrogens is 426 g/mol. The fraction of sp³-hybridized carbons (Fsp3) is 0.455. The van der Waals surface area contributed by atoms with Gasteiger partial charge in [0.15, 0.2) is 0 Å². The Bertz CT molecular complexity index is 689. The van der Waals surface area contributed by atoms with Gasteiger partial charge in [-0.2, -0.15) is 0 Å². The number of ether oxygens (including phenoxy) is 1. The molecule has 0 amide bonds. The second kappa shape index (κ2) is 10.0. The molecule has 0 aromatic heterocycles. The van der Waals surface area contributed by atoms with E-state index in [1.165, 1.54) is 5.56 Å². The molecule has 1 aliphatic heterocycles. The summed E-state index contributed by atoms with van der Waals surface area (Å²) in [5.74, 6) is 0.0675. The van der Waals surface area contributed by atoms with Crippen molar-refractivity contribution >= 4 is 28.3 Å². The predicted octanol–water partition coefficient (Wildman–Crippen LogP) is 4.83. The van der Waals surface area contributed by atoms with E-state index in [1.807, 2.05) is 30.3 Å². The summed E-state index contributed by atoms with van der Waals surface area (Å²) >= 11 is 3.51. The summed E-state index contributed by atoms with van der Waals surface area (Å²) in [6.07, 6.45) is 0. The molecule has 3 nitrogen and oxygen atoms in total. The van der Waals surface area contributed by atoms with Gasteiger partial charge >= 0.3 is 0 Å². The first-order valence-corrected chi connectivity index (χ1v) is 10.1. The topological polar surface area (TPSA) is 32.7 Å². The normalized spacial score (nSPS) is 18.6. The summed E-state index contributed by atoms with van der Waals surface area (Å²) in [5.41, 5.74) is 1.20. The van der Waals surface area contributed by atoms with E-state index in [0.29, 0.717) is 0 Å². The Morgan fingerprint density at radius 3 is 2.19 bits per heavy atom. The van der Waals surface area contributed by atoms with Crippen molar-refractivity contribution in [2.24, 2.45) is 5.92 Å². The van der Waals surface area contributed by atoms with Crippen molar-refractivity contribution < 1.29 is 9.84 Å². The van der Waals surface area contributed by atoms with Gasteiger partial charge in [-0.25, -0.2) is 0 Å². The average molecular weight is 455 g/mol. The maximum Gasteiger partial charge on any atom is 0.0999 e. The monoisotopic (exact) mass is 453 g/mol. The fourth-order valence-corrected chi connectivity index (χ4v) is 4.14. The number of hydrogen-bond acceptors (Lipinski definition) is 3. The van der Waals surface area contributed by atoms with E-state index in [-0.39, 0.29) is 24.2 Å². The van der Waals surface area contributed by atoms with Gasteiger partial charge in [0, 0.05) is 30.0 Å². The van der Waals surface area contributed by atoms with Crippen molar-refractivity contribution in [3.8, 4) is 0 Å². The van der Waals surface area contributed by atoms with Gasteiger partial charge in [0.05, 0.1) is 18.8 Å². The van der Waals surface area contributed by atoms with Crippen LogP contribution in [0.4, 0.5) is 0 Å². The second-order valence-electron chi connectivity index (χ2n) is 7.36.